The molecule has 2 nitrogen and oxygen atoms in total. The van der Waals surface area contributed by atoms with Crippen molar-refractivity contribution in [3.63, 3.8) is 0 Å². The molecule has 106 valence electrons. The second-order valence-corrected chi connectivity index (χ2v) is 5.78. The first-order valence-electron chi connectivity index (χ1n) is 6.96. The molecule has 0 spiro atoms. The third-order valence-electron chi connectivity index (χ3n) is 3.78. The van der Waals surface area contributed by atoms with Gasteiger partial charge in [0.2, 0.25) is 0 Å². The van der Waals surface area contributed by atoms with Gasteiger partial charge in [-0.3, -0.25) is 4.90 Å². The summed E-state index contributed by atoms with van der Waals surface area (Å²) >= 11 is 5.92. The van der Waals surface area contributed by atoms with Crippen LogP contribution in [0, 0.1) is 11.7 Å². The topological polar surface area (TPSA) is 23.5 Å². The molecule has 4 heteroatoms. The number of piperidine rings is 1. The highest BCUT2D eigenvalue weighted by Gasteiger charge is 2.20. The fraction of sp³-hybridized carbons (Fsp3) is 0.600. The highest BCUT2D eigenvalue weighted by molar-refractivity contribution is 6.30. The van der Waals surface area contributed by atoms with Crippen molar-refractivity contribution in [3.8, 4) is 0 Å². The highest BCUT2D eigenvalue weighted by atomic mass is 35.5. The monoisotopic (exact) mass is 285 g/mol. The molecule has 0 aliphatic carbocycles. The lowest BCUT2D eigenvalue weighted by Gasteiger charge is -2.32. The van der Waals surface area contributed by atoms with Crippen LogP contribution >= 0.6 is 11.6 Å². The molecule has 19 heavy (non-hydrogen) atoms. The fourth-order valence-electron chi connectivity index (χ4n) is 2.82. The summed E-state index contributed by atoms with van der Waals surface area (Å²) in [6, 6.07) is 4.74. The molecule has 0 radical (unpaired) electrons. The highest BCUT2D eigenvalue weighted by Crippen LogP contribution is 2.24. The Balaban J connectivity index is 1.93. The van der Waals surface area contributed by atoms with Gasteiger partial charge in [-0.1, -0.05) is 11.6 Å². The molecule has 0 aromatic heterocycles. The average Bonchev–Trinajstić information content (AvgIpc) is 2.41. The van der Waals surface area contributed by atoms with Crippen LogP contribution in [-0.2, 0) is 6.54 Å². The first-order chi connectivity index (χ1) is 9.19. The van der Waals surface area contributed by atoms with Crippen LogP contribution in [-0.4, -0.2) is 29.7 Å². The van der Waals surface area contributed by atoms with E-state index in [9.17, 15) is 4.39 Å². The van der Waals surface area contributed by atoms with Crippen molar-refractivity contribution in [2.24, 2.45) is 5.92 Å². The summed E-state index contributed by atoms with van der Waals surface area (Å²) in [4.78, 5) is 2.29. The Bertz CT molecular complexity index is 413. The number of likely N-dealkylation sites (tertiary alicyclic amines) is 1. The van der Waals surface area contributed by atoms with E-state index in [0.29, 0.717) is 23.0 Å². The van der Waals surface area contributed by atoms with E-state index in [1.54, 1.807) is 12.1 Å². The normalized spacial score (nSPS) is 20.7. The molecule has 1 aliphatic rings. The molecule has 1 aromatic carbocycles. The Morgan fingerprint density at radius 3 is 3.05 bits per heavy atom. The SMILES string of the molecule is OCCCC1CCCN(Cc2cc(Cl)ccc2F)C1. The summed E-state index contributed by atoms with van der Waals surface area (Å²) in [6.45, 7) is 2.90. The molecule has 1 fully saturated rings. The maximum Gasteiger partial charge on any atom is 0.127 e. The predicted octanol–water partition coefficient (Wildman–Crippen LogP) is 3.46. The maximum absolute atomic E-state index is 13.7. The van der Waals surface area contributed by atoms with Crippen LogP contribution in [0.3, 0.4) is 0 Å². The first-order valence-corrected chi connectivity index (χ1v) is 7.34. The summed E-state index contributed by atoms with van der Waals surface area (Å²) in [5.74, 6) is 0.449. The maximum atomic E-state index is 13.7. The van der Waals surface area contributed by atoms with Gasteiger partial charge in [-0.05, 0) is 56.3 Å². The molecule has 1 unspecified atom stereocenters. The lowest BCUT2D eigenvalue weighted by Crippen LogP contribution is -2.35. The molecule has 1 aliphatic heterocycles. The number of benzene rings is 1. The summed E-state index contributed by atoms with van der Waals surface area (Å²) in [5.41, 5.74) is 0.676. The Hall–Kier alpha value is -0.640. The van der Waals surface area contributed by atoms with Crippen molar-refractivity contribution in [1.82, 2.24) is 4.90 Å². The van der Waals surface area contributed by atoms with Crippen LogP contribution in [0.5, 0.6) is 0 Å². The minimum Gasteiger partial charge on any atom is -0.396 e. The number of hydrogen-bond acceptors (Lipinski definition) is 2. The summed E-state index contributed by atoms with van der Waals surface area (Å²) in [7, 11) is 0. The molecular formula is C15H21ClFNO. The minimum absolute atomic E-state index is 0.179. The van der Waals surface area contributed by atoms with Crippen LogP contribution in [0.4, 0.5) is 4.39 Å². The number of hydrogen-bond donors (Lipinski definition) is 1. The van der Waals surface area contributed by atoms with Gasteiger partial charge in [0, 0.05) is 30.3 Å². The number of halogens is 2. The third kappa shape index (κ3) is 4.44. The Morgan fingerprint density at radius 2 is 2.26 bits per heavy atom. The Kier molecular flexibility index (Phi) is 5.61. The van der Waals surface area contributed by atoms with Gasteiger partial charge in [-0.2, -0.15) is 0 Å². The molecule has 1 heterocycles. The van der Waals surface area contributed by atoms with Crippen LogP contribution in [0.15, 0.2) is 18.2 Å². The number of aliphatic hydroxyl groups excluding tert-OH is 1. The van der Waals surface area contributed by atoms with Crippen molar-refractivity contribution in [1.29, 1.82) is 0 Å². The van der Waals surface area contributed by atoms with Crippen molar-refractivity contribution in [2.45, 2.75) is 32.2 Å². The minimum atomic E-state index is -0.179. The van der Waals surface area contributed by atoms with E-state index in [-0.39, 0.29) is 12.4 Å². The molecular weight excluding hydrogens is 265 g/mol. The van der Waals surface area contributed by atoms with E-state index in [4.69, 9.17) is 16.7 Å². The molecule has 1 aromatic rings. The second-order valence-electron chi connectivity index (χ2n) is 5.34. The van der Waals surface area contributed by atoms with Gasteiger partial charge in [0.15, 0.2) is 0 Å². The van der Waals surface area contributed by atoms with Gasteiger partial charge < -0.3 is 5.11 Å². The first kappa shape index (κ1) is 14.8. The van der Waals surface area contributed by atoms with Crippen LogP contribution in [0.25, 0.3) is 0 Å². The number of aliphatic hydroxyl groups is 1. The van der Waals surface area contributed by atoms with E-state index in [1.807, 2.05) is 0 Å². The lowest BCUT2D eigenvalue weighted by molar-refractivity contribution is 0.152. The van der Waals surface area contributed by atoms with Gasteiger partial charge in [-0.25, -0.2) is 4.39 Å². The smallest absolute Gasteiger partial charge is 0.127 e. The standard InChI is InChI=1S/C15H21ClFNO/c16-14-5-6-15(17)13(9-14)11-18-7-1-3-12(10-18)4-2-8-19/h5-6,9,12,19H,1-4,7-8,10-11H2. The molecule has 1 N–H and O–H groups in total. The van der Waals surface area contributed by atoms with Crippen LogP contribution in [0.2, 0.25) is 5.02 Å². The summed E-state index contributed by atoms with van der Waals surface area (Å²) in [6.07, 6.45) is 4.29. The number of rotatable bonds is 5. The Morgan fingerprint density at radius 1 is 1.42 bits per heavy atom. The van der Waals surface area contributed by atoms with Gasteiger partial charge >= 0.3 is 0 Å². The van der Waals surface area contributed by atoms with Gasteiger partial charge in [-0.15, -0.1) is 0 Å². The second kappa shape index (κ2) is 7.22. The van der Waals surface area contributed by atoms with Gasteiger partial charge in [0.1, 0.15) is 5.82 Å². The molecule has 0 saturated carbocycles. The van der Waals surface area contributed by atoms with E-state index >= 15 is 0 Å². The van der Waals surface area contributed by atoms with Crippen LogP contribution in [0.1, 0.15) is 31.2 Å². The van der Waals surface area contributed by atoms with E-state index < -0.39 is 0 Å². The Labute approximate surface area is 119 Å². The van der Waals surface area contributed by atoms with E-state index in [2.05, 4.69) is 4.90 Å². The lowest BCUT2D eigenvalue weighted by atomic mass is 9.93. The molecule has 1 atom stereocenters. The third-order valence-corrected chi connectivity index (χ3v) is 4.01. The quantitative estimate of drug-likeness (QED) is 0.895. The van der Waals surface area contributed by atoms with Gasteiger partial charge in [0.25, 0.3) is 0 Å². The zero-order valence-corrected chi connectivity index (χ0v) is 11.9. The zero-order valence-electron chi connectivity index (χ0n) is 11.1. The average molecular weight is 286 g/mol. The predicted molar refractivity (Wildman–Crippen MR) is 75.7 cm³/mol. The van der Waals surface area contributed by atoms with E-state index in [1.165, 1.54) is 12.5 Å². The van der Waals surface area contributed by atoms with Crippen LogP contribution < -0.4 is 0 Å². The molecule has 0 amide bonds. The summed E-state index contributed by atoms with van der Waals surface area (Å²) < 4.78 is 13.7. The van der Waals surface area contributed by atoms with E-state index in [0.717, 1.165) is 32.4 Å². The molecule has 2 rings (SSSR count). The zero-order chi connectivity index (χ0) is 13.7. The van der Waals surface area contributed by atoms with Crippen molar-refractivity contribution < 1.29 is 9.50 Å². The molecule has 0 bridgehead atoms. The van der Waals surface area contributed by atoms with Crippen molar-refractivity contribution in [3.05, 3.63) is 34.6 Å². The number of nitrogens with zero attached hydrogens (tertiary/aromatic N) is 1. The van der Waals surface area contributed by atoms with Gasteiger partial charge in [0.05, 0.1) is 0 Å². The van der Waals surface area contributed by atoms with Crippen molar-refractivity contribution >= 4 is 11.6 Å². The summed E-state index contributed by atoms with van der Waals surface area (Å²) in [5, 5.41) is 9.48. The molecule has 1 saturated heterocycles. The van der Waals surface area contributed by atoms with Crippen molar-refractivity contribution in [2.75, 3.05) is 19.7 Å². The fourth-order valence-corrected chi connectivity index (χ4v) is 3.01. The largest absolute Gasteiger partial charge is 0.396 e.